The molecule has 18 heavy (non-hydrogen) atoms. The van der Waals surface area contributed by atoms with Crippen molar-refractivity contribution in [1.29, 1.82) is 0 Å². The molecule has 0 aromatic heterocycles. The zero-order chi connectivity index (χ0) is 13.5. The molecule has 0 bridgehead atoms. The molecular weight excluding hydrogens is 256 g/mol. The van der Waals surface area contributed by atoms with Crippen LogP contribution < -0.4 is 4.74 Å². The van der Waals surface area contributed by atoms with Gasteiger partial charge in [-0.2, -0.15) is 0 Å². The van der Waals surface area contributed by atoms with E-state index in [1.165, 1.54) is 6.08 Å². The van der Waals surface area contributed by atoms with E-state index in [1.54, 1.807) is 25.3 Å². The molecule has 0 spiro atoms. The summed E-state index contributed by atoms with van der Waals surface area (Å²) in [5, 5.41) is 8.95. The van der Waals surface area contributed by atoms with Crippen LogP contribution in [0.15, 0.2) is 24.3 Å². The fourth-order valence-corrected chi connectivity index (χ4v) is 1.42. The number of methoxy groups -OCH3 is 1. The topological polar surface area (TPSA) is 55.8 Å². The summed E-state index contributed by atoms with van der Waals surface area (Å²) in [5.41, 5.74) is 0.703. The Morgan fingerprint density at radius 2 is 2.28 bits per heavy atom. The molecular formula is C13H15ClO4. The van der Waals surface area contributed by atoms with Gasteiger partial charge in [-0.15, -0.1) is 0 Å². The molecule has 0 aliphatic carbocycles. The largest absolute Gasteiger partial charge is 0.489 e. The number of hydrogen-bond donors (Lipinski definition) is 1. The number of carboxylic acids is 1. The van der Waals surface area contributed by atoms with E-state index in [0.717, 1.165) is 6.08 Å². The van der Waals surface area contributed by atoms with Crippen molar-refractivity contribution >= 4 is 23.6 Å². The molecule has 1 aromatic rings. The molecule has 98 valence electrons. The van der Waals surface area contributed by atoms with E-state index >= 15 is 0 Å². The molecule has 0 aliphatic heterocycles. The summed E-state index contributed by atoms with van der Waals surface area (Å²) in [6.45, 7) is 2.29. The number of rotatable bonds is 6. The maximum Gasteiger partial charge on any atom is 0.328 e. The van der Waals surface area contributed by atoms with Gasteiger partial charge in [0.2, 0.25) is 0 Å². The highest BCUT2D eigenvalue weighted by atomic mass is 35.5. The predicted octanol–water partition coefficient (Wildman–Crippen LogP) is 2.85. The molecule has 5 heteroatoms. The van der Waals surface area contributed by atoms with Crippen LogP contribution in [-0.2, 0) is 9.53 Å². The van der Waals surface area contributed by atoms with Crippen LogP contribution in [0, 0.1) is 0 Å². The van der Waals surface area contributed by atoms with Crippen LogP contribution in [-0.4, -0.2) is 30.9 Å². The molecule has 0 saturated heterocycles. The zero-order valence-electron chi connectivity index (χ0n) is 10.2. The van der Waals surface area contributed by atoms with E-state index in [2.05, 4.69) is 0 Å². The number of carbonyl (C=O) groups is 1. The Balaban J connectivity index is 2.70. The van der Waals surface area contributed by atoms with Crippen LogP contribution in [0.3, 0.4) is 0 Å². The van der Waals surface area contributed by atoms with Gasteiger partial charge < -0.3 is 14.6 Å². The smallest absolute Gasteiger partial charge is 0.328 e. The van der Waals surface area contributed by atoms with Crippen LogP contribution >= 0.6 is 11.6 Å². The van der Waals surface area contributed by atoms with Gasteiger partial charge in [-0.25, -0.2) is 4.79 Å². The first-order valence-electron chi connectivity index (χ1n) is 5.39. The molecule has 4 nitrogen and oxygen atoms in total. The average Bonchev–Trinajstić information content (AvgIpc) is 2.34. The van der Waals surface area contributed by atoms with Crippen molar-refractivity contribution < 1.29 is 19.4 Å². The molecule has 1 aromatic carbocycles. The molecule has 0 radical (unpaired) electrons. The van der Waals surface area contributed by atoms with Crippen molar-refractivity contribution in [2.24, 2.45) is 0 Å². The first kappa shape index (κ1) is 14.5. The molecule has 1 atom stereocenters. The average molecular weight is 271 g/mol. The number of carboxylic acid groups (broad SMARTS) is 1. The monoisotopic (exact) mass is 270 g/mol. The zero-order valence-corrected chi connectivity index (χ0v) is 11.0. The molecule has 1 rings (SSSR count). The summed E-state index contributed by atoms with van der Waals surface area (Å²) >= 11 is 6.02. The first-order chi connectivity index (χ1) is 8.52. The van der Waals surface area contributed by atoms with Crippen LogP contribution in [0.2, 0.25) is 5.02 Å². The Hall–Kier alpha value is -1.52. The minimum Gasteiger partial charge on any atom is -0.489 e. The van der Waals surface area contributed by atoms with Crippen LogP contribution in [0.4, 0.5) is 0 Å². The highest BCUT2D eigenvalue weighted by Gasteiger charge is 2.05. The standard InChI is InChI=1S/C13H15ClO4/c1-9(17-2)8-18-12-5-3-10(7-11(12)14)4-6-13(15)16/h3-7,9H,8H2,1-2H3,(H,15,16)/b6-4+. The Kier molecular flexibility index (Phi) is 5.68. The second kappa shape index (κ2) is 7.03. The number of ether oxygens (including phenoxy) is 2. The van der Waals surface area contributed by atoms with Gasteiger partial charge in [0.15, 0.2) is 0 Å². The molecule has 0 aliphatic rings. The van der Waals surface area contributed by atoms with Gasteiger partial charge in [-0.05, 0) is 30.7 Å². The summed E-state index contributed by atoms with van der Waals surface area (Å²) in [7, 11) is 1.61. The minimum absolute atomic E-state index is 0.0207. The lowest BCUT2D eigenvalue weighted by molar-refractivity contribution is -0.131. The van der Waals surface area contributed by atoms with Gasteiger partial charge in [0.25, 0.3) is 0 Å². The fourth-order valence-electron chi connectivity index (χ4n) is 1.18. The SMILES string of the molecule is COC(C)COc1ccc(/C=C/C(=O)O)cc1Cl. The van der Waals surface area contributed by atoms with E-state index in [1.807, 2.05) is 6.92 Å². The van der Waals surface area contributed by atoms with Gasteiger partial charge in [0.1, 0.15) is 12.4 Å². The second-order valence-electron chi connectivity index (χ2n) is 3.72. The van der Waals surface area contributed by atoms with Crippen LogP contribution in [0.25, 0.3) is 6.08 Å². The lowest BCUT2D eigenvalue weighted by Gasteiger charge is -2.12. The van der Waals surface area contributed by atoms with Gasteiger partial charge in [-0.1, -0.05) is 17.7 Å². The van der Waals surface area contributed by atoms with Crippen molar-refractivity contribution in [3.8, 4) is 5.75 Å². The van der Waals surface area contributed by atoms with Gasteiger partial charge in [-0.3, -0.25) is 0 Å². The second-order valence-corrected chi connectivity index (χ2v) is 4.13. The van der Waals surface area contributed by atoms with Crippen LogP contribution in [0.5, 0.6) is 5.75 Å². The maximum atomic E-state index is 10.4. The predicted molar refractivity (Wildman–Crippen MR) is 70.1 cm³/mol. The Morgan fingerprint density at radius 1 is 1.56 bits per heavy atom. The Morgan fingerprint density at radius 3 is 2.83 bits per heavy atom. The highest BCUT2D eigenvalue weighted by molar-refractivity contribution is 6.32. The molecule has 0 saturated carbocycles. The van der Waals surface area contributed by atoms with E-state index < -0.39 is 5.97 Å². The van der Waals surface area contributed by atoms with E-state index in [9.17, 15) is 4.79 Å². The highest BCUT2D eigenvalue weighted by Crippen LogP contribution is 2.26. The molecule has 1 N–H and O–H groups in total. The van der Waals surface area contributed by atoms with Crippen LogP contribution in [0.1, 0.15) is 12.5 Å². The lowest BCUT2D eigenvalue weighted by atomic mass is 10.2. The summed E-state index contributed by atoms with van der Waals surface area (Å²) < 4.78 is 10.5. The summed E-state index contributed by atoms with van der Waals surface area (Å²) in [5.74, 6) is -0.451. The van der Waals surface area contributed by atoms with Crippen molar-refractivity contribution in [2.75, 3.05) is 13.7 Å². The first-order valence-corrected chi connectivity index (χ1v) is 5.77. The van der Waals surface area contributed by atoms with Crippen molar-refractivity contribution in [2.45, 2.75) is 13.0 Å². The third-order valence-electron chi connectivity index (χ3n) is 2.25. The molecule has 0 amide bonds. The van der Waals surface area contributed by atoms with Crippen molar-refractivity contribution in [3.63, 3.8) is 0 Å². The fraction of sp³-hybridized carbons (Fsp3) is 0.308. The number of aliphatic carboxylic acids is 1. The number of benzene rings is 1. The molecule has 0 fully saturated rings. The van der Waals surface area contributed by atoms with Gasteiger partial charge in [0, 0.05) is 13.2 Å². The normalized spacial score (nSPS) is 12.6. The van der Waals surface area contributed by atoms with Crippen molar-refractivity contribution in [1.82, 2.24) is 0 Å². The molecule has 1 unspecified atom stereocenters. The Labute approximate surface area is 111 Å². The van der Waals surface area contributed by atoms with E-state index in [4.69, 9.17) is 26.2 Å². The minimum atomic E-state index is -1.000. The summed E-state index contributed by atoms with van der Waals surface area (Å²) in [6, 6.07) is 5.08. The van der Waals surface area contributed by atoms with Gasteiger partial charge in [0.05, 0.1) is 11.1 Å². The summed E-state index contributed by atoms with van der Waals surface area (Å²) in [4.78, 5) is 10.4. The van der Waals surface area contributed by atoms with E-state index in [-0.39, 0.29) is 6.10 Å². The quantitative estimate of drug-likeness (QED) is 0.808. The molecule has 0 heterocycles. The maximum absolute atomic E-state index is 10.4. The number of halogens is 1. The van der Waals surface area contributed by atoms with Crippen molar-refractivity contribution in [3.05, 3.63) is 34.9 Å². The Bertz CT molecular complexity index is 443. The van der Waals surface area contributed by atoms with Gasteiger partial charge >= 0.3 is 5.97 Å². The van der Waals surface area contributed by atoms with E-state index in [0.29, 0.717) is 22.9 Å². The summed E-state index contributed by atoms with van der Waals surface area (Å²) in [6.07, 6.45) is 2.50. The third-order valence-corrected chi connectivity index (χ3v) is 2.55. The lowest BCUT2D eigenvalue weighted by Crippen LogP contribution is -2.16. The third kappa shape index (κ3) is 4.77. The number of hydrogen-bond acceptors (Lipinski definition) is 3.